The number of carbonyl (C=O) groups is 1. The van der Waals surface area contributed by atoms with Gasteiger partial charge in [0, 0.05) is 25.7 Å². The predicted molar refractivity (Wildman–Crippen MR) is 75.4 cm³/mol. The Morgan fingerprint density at radius 1 is 1.53 bits per heavy atom. The van der Waals surface area contributed by atoms with Gasteiger partial charge in [0.15, 0.2) is 0 Å². The Hall–Kier alpha value is -0.650. The van der Waals surface area contributed by atoms with Crippen molar-refractivity contribution in [3.05, 3.63) is 0 Å². The van der Waals surface area contributed by atoms with Gasteiger partial charge >= 0.3 is 5.97 Å². The highest BCUT2D eigenvalue weighted by Crippen LogP contribution is 2.26. The van der Waals surface area contributed by atoms with Crippen molar-refractivity contribution in [3.8, 4) is 0 Å². The minimum Gasteiger partial charge on any atom is -0.480 e. The van der Waals surface area contributed by atoms with Gasteiger partial charge in [0.05, 0.1) is 6.10 Å². The molecular weight excluding hydrogens is 244 g/mol. The lowest BCUT2D eigenvalue weighted by Gasteiger charge is -2.34. The zero-order chi connectivity index (χ0) is 14.6. The number of carboxylic acid groups (broad SMARTS) is 1. The average Bonchev–Trinajstić information content (AvgIpc) is 3.11. The normalized spacial score (nSPS) is 22.0. The summed E-state index contributed by atoms with van der Waals surface area (Å²) in [6.07, 6.45) is 2.92. The van der Waals surface area contributed by atoms with Crippen molar-refractivity contribution in [1.82, 2.24) is 10.2 Å². The van der Waals surface area contributed by atoms with Gasteiger partial charge in [0.25, 0.3) is 0 Å². The molecule has 1 aliphatic carbocycles. The molecule has 0 aromatic carbocycles. The predicted octanol–water partition coefficient (Wildman–Crippen LogP) is 1.33. The molecule has 1 fully saturated rings. The summed E-state index contributed by atoms with van der Waals surface area (Å²) in [4.78, 5) is 13.7. The van der Waals surface area contributed by atoms with Crippen LogP contribution in [0.2, 0.25) is 0 Å². The molecule has 3 unspecified atom stereocenters. The highest BCUT2D eigenvalue weighted by atomic mass is 16.5. The second kappa shape index (κ2) is 6.68. The molecule has 2 N–H and O–H groups in total. The summed E-state index contributed by atoms with van der Waals surface area (Å²) in [5.74, 6) is -0.764. The van der Waals surface area contributed by atoms with Crippen LogP contribution in [0.15, 0.2) is 0 Å². The Morgan fingerprint density at radius 3 is 2.53 bits per heavy atom. The van der Waals surface area contributed by atoms with E-state index < -0.39 is 11.5 Å². The van der Waals surface area contributed by atoms with Crippen LogP contribution in [0.25, 0.3) is 0 Å². The smallest absolute Gasteiger partial charge is 0.323 e. The zero-order valence-corrected chi connectivity index (χ0v) is 12.8. The third kappa shape index (κ3) is 5.09. The number of ether oxygens (including phenoxy) is 1. The van der Waals surface area contributed by atoms with E-state index in [1.807, 2.05) is 14.0 Å². The van der Waals surface area contributed by atoms with Gasteiger partial charge in [-0.15, -0.1) is 0 Å². The molecule has 0 heterocycles. The summed E-state index contributed by atoms with van der Waals surface area (Å²) < 4.78 is 5.25. The van der Waals surface area contributed by atoms with Gasteiger partial charge in [-0.25, -0.2) is 0 Å². The Labute approximate surface area is 116 Å². The van der Waals surface area contributed by atoms with Gasteiger partial charge in [-0.3, -0.25) is 10.1 Å². The van der Waals surface area contributed by atoms with E-state index >= 15 is 0 Å². The van der Waals surface area contributed by atoms with Gasteiger partial charge in [-0.05, 0) is 47.1 Å². The van der Waals surface area contributed by atoms with Gasteiger partial charge in [0.2, 0.25) is 0 Å². The highest BCUT2D eigenvalue weighted by Gasteiger charge is 2.40. The van der Waals surface area contributed by atoms with Crippen LogP contribution in [0.5, 0.6) is 0 Å². The first-order valence-electron chi connectivity index (χ1n) is 7.02. The maximum Gasteiger partial charge on any atom is 0.323 e. The van der Waals surface area contributed by atoms with Gasteiger partial charge in [0.1, 0.15) is 5.54 Å². The fourth-order valence-electron chi connectivity index (χ4n) is 2.29. The number of hydrogen-bond donors (Lipinski definition) is 2. The van der Waals surface area contributed by atoms with Gasteiger partial charge in [-0.2, -0.15) is 0 Å². The molecule has 0 spiro atoms. The molecule has 1 saturated carbocycles. The van der Waals surface area contributed by atoms with Crippen LogP contribution in [0.1, 0.15) is 40.0 Å². The van der Waals surface area contributed by atoms with Crippen molar-refractivity contribution in [2.45, 2.75) is 63.8 Å². The van der Waals surface area contributed by atoms with Crippen LogP contribution in [0, 0.1) is 0 Å². The van der Waals surface area contributed by atoms with Crippen LogP contribution in [0.3, 0.4) is 0 Å². The number of aliphatic carboxylic acids is 1. The second-order valence-electron chi connectivity index (χ2n) is 6.09. The lowest BCUT2D eigenvalue weighted by molar-refractivity contribution is -0.145. The third-order valence-corrected chi connectivity index (χ3v) is 3.98. The standard InChI is InChI=1S/C14H28N2O3/c1-10(16(4)9-11(2)19-5)8-14(3,13(17)18)15-12-6-7-12/h10-12,15H,6-9H2,1-5H3,(H,17,18). The fourth-order valence-corrected chi connectivity index (χ4v) is 2.29. The summed E-state index contributed by atoms with van der Waals surface area (Å²) in [5.41, 5.74) is -0.842. The number of carboxylic acids is 1. The van der Waals surface area contributed by atoms with E-state index in [0.29, 0.717) is 12.5 Å². The highest BCUT2D eigenvalue weighted by molar-refractivity contribution is 5.78. The number of rotatable bonds is 9. The maximum absolute atomic E-state index is 11.5. The Bertz CT molecular complexity index is 307. The van der Waals surface area contributed by atoms with Crippen molar-refractivity contribution < 1.29 is 14.6 Å². The van der Waals surface area contributed by atoms with E-state index in [9.17, 15) is 9.90 Å². The van der Waals surface area contributed by atoms with Gasteiger partial charge < -0.3 is 14.7 Å². The number of methoxy groups -OCH3 is 1. The fraction of sp³-hybridized carbons (Fsp3) is 0.929. The minimum absolute atomic E-state index is 0.153. The Kier molecular flexibility index (Phi) is 5.77. The first-order chi connectivity index (χ1) is 8.78. The molecule has 0 bridgehead atoms. The average molecular weight is 272 g/mol. The van der Waals surface area contributed by atoms with Crippen molar-refractivity contribution in [3.63, 3.8) is 0 Å². The largest absolute Gasteiger partial charge is 0.480 e. The van der Waals surface area contributed by atoms with Crippen LogP contribution in [-0.2, 0) is 9.53 Å². The first-order valence-corrected chi connectivity index (χ1v) is 7.02. The molecule has 5 nitrogen and oxygen atoms in total. The number of hydrogen-bond acceptors (Lipinski definition) is 4. The SMILES string of the molecule is COC(C)CN(C)C(C)CC(C)(NC1CC1)C(=O)O. The summed E-state index contributed by atoms with van der Waals surface area (Å²) >= 11 is 0. The summed E-state index contributed by atoms with van der Waals surface area (Å²) in [6, 6.07) is 0.571. The van der Waals surface area contributed by atoms with E-state index in [1.54, 1.807) is 14.0 Å². The molecule has 0 amide bonds. The first kappa shape index (κ1) is 16.4. The van der Waals surface area contributed by atoms with Crippen LogP contribution < -0.4 is 5.32 Å². The Morgan fingerprint density at radius 2 is 2.11 bits per heavy atom. The molecule has 0 radical (unpaired) electrons. The van der Waals surface area contributed by atoms with E-state index in [-0.39, 0.29) is 12.1 Å². The molecule has 0 aromatic rings. The molecular formula is C14H28N2O3. The van der Waals surface area contributed by atoms with Crippen molar-refractivity contribution in [2.75, 3.05) is 20.7 Å². The lowest BCUT2D eigenvalue weighted by atomic mass is 9.92. The van der Waals surface area contributed by atoms with Crippen LogP contribution in [0.4, 0.5) is 0 Å². The summed E-state index contributed by atoms with van der Waals surface area (Å²) in [6.45, 7) is 6.68. The van der Waals surface area contributed by atoms with Crippen molar-refractivity contribution in [1.29, 1.82) is 0 Å². The monoisotopic (exact) mass is 272 g/mol. The molecule has 1 rings (SSSR count). The van der Waals surface area contributed by atoms with Crippen molar-refractivity contribution >= 4 is 5.97 Å². The quantitative estimate of drug-likeness (QED) is 0.663. The molecule has 0 saturated heterocycles. The van der Waals surface area contributed by atoms with Crippen LogP contribution in [-0.4, -0.2) is 60.4 Å². The number of likely N-dealkylation sites (N-methyl/N-ethyl adjacent to an activating group) is 1. The maximum atomic E-state index is 11.5. The molecule has 3 atom stereocenters. The Balaban J connectivity index is 2.54. The summed E-state index contributed by atoms with van der Waals surface area (Å²) in [5, 5.41) is 12.7. The molecule has 0 aliphatic heterocycles. The topological polar surface area (TPSA) is 61.8 Å². The molecule has 1 aliphatic rings. The molecule has 5 heteroatoms. The summed E-state index contributed by atoms with van der Waals surface area (Å²) in [7, 11) is 3.71. The minimum atomic E-state index is -0.842. The number of nitrogens with zero attached hydrogens (tertiary/aromatic N) is 1. The molecule has 19 heavy (non-hydrogen) atoms. The third-order valence-electron chi connectivity index (χ3n) is 3.98. The van der Waals surface area contributed by atoms with Crippen LogP contribution >= 0.6 is 0 Å². The van der Waals surface area contributed by atoms with E-state index in [2.05, 4.69) is 17.1 Å². The van der Waals surface area contributed by atoms with E-state index in [1.165, 1.54) is 0 Å². The second-order valence-corrected chi connectivity index (χ2v) is 6.09. The molecule has 112 valence electrons. The molecule has 0 aromatic heterocycles. The van der Waals surface area contributed by atoms with Gasteiger partial charge in [-0.1, -0.05) is 0 Å². The van der Waals surface area contributed by atoms with E-state index in [4.69, 9.17) is 4.74 Å². The van der Waals surface area contributed by atoms with E-state index in [0.717, 1.165) is 19.4 Å². The zero-order valence-electron chi connectivity index (χ0n) is 12.8. The number of nitrogens with one attached hydrogen (secondary N) is 1. The van der Waals surface area contributed by atoms with Crippen molar-refractivity contribution in [2.24, 2.45) is 0 Å². The lowest BCUT2D eigenvalue weighted by Crippen LogP contribution is -2.54.